The fourth-order valence-electron chi connectivity index (χ4n) is 3.97. The number of nitrogens with one attached hydrogen (secondary N) is 3. The second-order valence-electron chi connectivity index (χ2n) is 9.17. The molecule has 0 radical (unpaired) electrons. The number of carbonyl (C=O) groups is 1. The molecule has 11 heteroatoms. The third kappa shape index (κ3) is 8.09. The summed E-state index contributed by atoms with van der Waals surface area (Å²) in [7, 11) is -3.72. The van der Waals surface area contributed by atoms with Crippen LogP contribution in [0.25, 0.3) is 10.8 Å². The number of anilines is 2. The smallest absolute Gasteiger partial charge is 0.261 e. The number of rotatable bonds is 12. The molecule has 210 valence electrons. The molecule has 0 saturated carbocycles. The van der Waals surface area contributed by atoms with E-state index >= 15 is 0 Å². The van der Waals surface area contributed by atoms with E-state index in [1.165, 1.54) is 19.1 Å². The van der Waals surface area contributed by atoms with Gasteiger partial charge < -0.3 is 20.5 Å². The number of amides is 1. The Bertz CT molecular complexity index is 1570. The van der Waals surface area contributed by atoms with Crippen molar-refractivity contribution in [1.29, 1.82) is 0 Å². The second kappa shape index (κ2) is 13.3. The molecular formula is C29H29Cl2N3O5S. The predicted octanol–water partition coefficient (Wildman–Crippen LogP) is 5.48. The highest BCUT2D eigenvalue weighted by Gasteiger charge is 2.15. The Labute approximate surface area is 243 Å². The van der Waals surface area contributed by atoms with Gasteiger partial charge in [-0.25, -0.2) is 8.42 Å². The van der Waals surface area contributed by atoms with Gasteiger partial charge in [-0.1, -0.05) is 65.7 Å². The van der Waals surface area contributed by atoms with Gasteiger partial charge in [0.25, 0.3) is 10.0 Å². The molecule has 0 fully saturated rings. The van der Waals surface area contributed by atoms with Crippen molar-refractivity contribution in [3.8, 4) is 5.75 Å². The number of hydrogen-bond donors (Lipinski definition) is 4. The maximum atomic E-state index is 12.9. The molecule has 0 aliphatic rings. The highest BCUT2D eigenvalue weighted by Crippen LogP contribution is 2.35. The summed E-state index contributed by atoms with van der Waals surface area (Å²) in [4.78, 5) is 11.5. The van der Waals surface area contributed by atoms with E-state index in [-0.39, 0.29) is 27.5 Å². The summed E-state index contributed by atoms with van der Waals surface area (Å²) in [6, 6.07) is 22.9. The highest BCUT2D eigenvalue weighted by molar-refractivity contribution is 7.92. The van der Waals surface area contributed by atoms with Crippen LogP contribution in [-0.4, -0.2) is 45.2 Å². The van der Waals surface area contributed by atoms with E-state index in [9.17, 15) is 18.3 Å². The van der Waals surface area contributed by atoms with Gasteiger partial charge in [0, 0.05) is 31.3 Å². The van der Waals surface area contributed by atoms with Crippen molar-refractivity contribution in [2.45, 2.75) is 24.3 Å². The van der Waals surface area contributed by atoms with E-state index in [1.54, 1.807) is 30.3 Å². The number of sulfonamides is 1. The Balaban J connectivity index is 1.21. The van der Waals surface area contributed by atoms with Gasteiger partial charge >= 0.3 is 0 Å². The van der Waals surface area contributed by atoms with Gasteiger partial charge in [-0.05, 0) is 53.6 Å². The lowest BCUT2D eigenvalue weighted by Crippen LogP contribution is -2.32. The molecule has 8 nitrogen and oxygen atoms in total. The van der Waals surface area contributed by atoms with Gasteiger partial charge in [0.15, 0.2) is 0 Å². The van der Waals surface area contributed by atoms with E-state index < -0.39 is 16.1 Å². The minimum absolute atomic E-state index is 0.0190. The Morgan fingerprint density at radius 1 is 0.950 bits per heavy atom. The summed E-state index contributed by atoms with van der Waals surface area (Å²) >= 11 is 12.3. The molecule has 0 heterocycles. The van der Waals surface area contributed by atoms with E-state index in [2.05, 4.69) is 15.4 Å². The summed E-state index contributed by atoms with van der Waals surface area (Å²) in [6.45, 7) is 2.27. The average Bonchev–Trinajstić information content (AvgIpc) is 2.92. The van der Waals surface area contributed by atoms with Gasteiger partial charge in [-0.15, -0.1) is 0 Å². The average molecular weight is 603 g/mol. The summed E-state index contributed by atoms with van der Waals surface area (Å²) in [5.74, 6) is 0.0796. The molecule has 4 aromatic rings. The normalized spacial score (nSPS) is 12.2. The zero-order valence-electron chi connectivity index (χ0n) is 21.7. The zero-order chi connectivity index (χ0) is 28.7. The first-order valence-corrected chi connectivity index (χ1v) is 14.7. The first-order chi connectivity index (χ1) is 19.1. The van der Waals surface area contributed by atoms with Crippen molar-refractivity contribution in [2.75, 3.05) is 29.7 Å². The minimum atomic E-state index is -3.72. The molecule has 1 amide bonds. The zero-order valence-corrected chi connectivity index (χ0v) is 24.0. The van der Waals surface area contributed by atoms with Gasteiger partial charge in [-0.3, -0.25) is 9.52 Å². The number of ether oxygens (including phenoxy) is 1. The van der Waals surface area contributed by atoms with Crippen LogP contribution in [0.2, 0.25) is 10.0 Å². The first-order valence-electron chi connectivity index (χ1n) is 12.5. The fourth-order valence-corrected chi connectivity index (χ4v) is 5.62. The van der Waals surface area contributed by atoms with Crippen LogP contribution in [0.4, 0.5) is 11.4 Å². The van der Waals surface area contributed by atoms with Gasteiger partial charge in [0.2, 0.25) is 5.91 Å². The quantitative estimate of drug-likeness (QED) is 0.160. The van der Waals surface area contributed by atoms with E-state index in [0.717, 1.165) is 16.3 Å². The van der Waals surface area contributed by atoms with Crippen LogP contribution < -0.4 is 20.1 Å². The van der Waals surface area contributed by atoms with Crippen LogP contribution in [0.5, 0.6) is 5.75 Å². The van der Waals surface area contributed by atoms with Gasteiger partial charge in [0.05, 0.1) is 20.6 Å². The van der Waals surface area contributed by atoms with Gasteiger partial charge in [0.1, 0.15) is 18.5 Å². The van der Waals surface area contributed by atoms with Crippen molar-refractivity contribution >= 4 is 61.3 Å². The number of aliphatic hydroxyl groups is 1. The molecule has 0 aromatic heterocycles. The topological polar surface area (TPSA) is 117 Å². The molecule has 0 spiro atoms. The van der Waals surface area contributed by atoms with Gasteiger partial charge in [-0.2, -0.15) is 0 Å². The lowest BCUT2D eigenvalue weighted by Gasteiger charge is -2.15. The molecule has 4 rings (SSSR count). The van der Waals surface area contributed by atoms with Crippen molar-refractivity contribution in [3.05, 3.63) is 94.5 Å². The summed E-state index contributed by atoms with van der Waals surface area (Å²) in [6.07, 6.45) is -0.0966. The SMILES string of the molecule is CC(=O)Nc1c(Cl)cc(OC[C@@H](O)CNCCc2ccc(NS(=O)(=O)c3ccc4ccccc4c3)cc2)cc1Cl. The standard InChI is InChI=1S/C29H29Cl2N3O5S/c1-19(35)33-29-27(30)15-25(16-28(29)31)39-18-24(36)17-32-13-12-20-6-9-23(10-7-20)34-40(37,38)26-11-8-21-4-2-3-5-22(21)14-26/h2-11,14-16,24,32,34,36H,12-13,17-18H2,1H3,(H,33,35)/t24-/m0/s1. The molecule has 0 saturated heterocycles. The molecule has 4 aromatic carbocycles. The summed E-state index contributed by atoms with van der Waals surface area (Å²) in [5.41, 5.74) is 1.79. The van der Waals surface area contributed by atoms with Crippen LogP contribution in [-0.2, 0) is 21.2 Å². The first kappa shape index (κ1) is 29.6. The molecular weight excluding hydrogens is 573 g/mol. The van der Waals surface area contributed by atoms with Crippen molar-refractivity contribution in [3.63, 3.8) is 0 Å². The number of hydrogen-bond acceptors (Lipinski definition) is 6. The minimum Gasteiger partial charge on any atom is -0.491 e. The van der Waals surface area contributed by atoms with Crippen molar-refractivity contribution < 1.29 is 23.1 Å². The predicted molar refractivity (Wildman–Crippen MR) is 160 cm³/mol. The Hall–Kier alpha value is -3.34. The fraction of sp³-hybridized carbons (Fsp3) is 0.207. The number of benzene rings is 4. The molecule has 0 unspecified atom stereocenters. The highest BCUT2D eigenvalue weighted by atomic mass is 35.5. The maximum Gasteiger partial charge on any atom is 0.261 e. The molecule has 1 atom stereocenters. The van der Waals surface area contributed by atoms with E-state index in [0.29, 0.717) is 36.6 Å². The Kier molecular flexibility index (Phi) is 9.89. The summed E-state index contributed by atoms with van der Waals surface area (Å²) < 4.78 is 33.9. The van der Waals surface area contributed by atoms with Crippen LogP contribution >= 0.6 is 23.2 Å². The maximum absolute atomic E-state index is 12.9. The van der Waals surface area contributed by atoms with Crippen molar-refractivity contribution in [1.82, 2.24) is 5.32 Å². The van der Waals surface area contributed by atoms with Crippen LogP contribution in [0.15, 0.2) is 83.8 Å². The van der Waals surface area contributed by atoms with E-state index in [4.69, 9.17) is 27.9 Å². The van der Waals surface area contributed by atoms with Crippen LogP contribution in [0, 0.1) is 0 Å². The number of aliphatic hydroxyl groups excluding tert-OH is 1. The number of fused-ring (bicyclic) bond motifs is 1. The largest absolute Gasteiger partial charge is 0.491 e. The Morgan fingerprint density at radius 3 is 2.30 bits per heavy atom. The third-order valence-corrected chi connectivity index (χ3v) is 7.94. The van der Waals surface area contributed by atoms with E-state index in [1.807, 2.05) is 36.4 Å². The number of carbonyl (C=O) groups excluding carboxylic acids is 1. The lowest BCUT2D eigenvalue weighted by molar-refractivity contribution is -0.114. The Morgan fingerprint density at radius 2 is 1.62 bits per heavy atom. The van der Waals surface area contributed by atoms with Crippen molar-refractivity contribution in [2.24, 2.45) is 0 Å². The third-order valence-electron chi connectivity index (χ3n) is 5.97. The second-order valence-corrected chi connectivity index (χ2v) is 11.7. The molecule has 40 heavy (non-hydrogen) atoms. The van der Waals surface area contributed by atoms with Crippen LogP contribution in [0.1, 0.15) is 12.5 Å². The van der Waals surface area contributed by atoms with Crippen LogP contribution in [0.3, 0.4) is 0 Å². The lowest BCUT2D eigenvalue weighted by atomic mass is 10.1. The monoisotopic (exact) mass is 601 g/mol. The number of halogens is 2. The molecule has 0 bridgehead atoms. The summed E-state index contributed by atoms with van der Waals surface area (Å²) in [5, 5.41) is 18.3. The molecule has 0 aliphatic carbocycles. The molecule has 4 N–H and O–H groups in total. The molecule has 0 aliphatic heterocycles.